The summed E-state index contributed by atoms with van der Waals surface area (Å²) in [5, 5.41) is 0. The number of nitrogens with zero attached hydrogens (tertiary/aromatic N) is 1. The molecule has 2 aromatic rings. The number of hydrogen-bond acceptors (Lipinski definition) is 3. The molecule has 0 saturated heterocycles. The van der Waals surface area contributed by atoms with Gasteiger partial charge in [-0.2, -0.15) is 0 Å². The lowest BCUT2D eigenvalue weighted by Crippen LogP contribution is -2.24. The maximum atomic E-state index is 12.3. The Morgan fingerprint density at radius 1 is 1.12 bits per heavy atom. The van der Waals surface area contributed by atoms with E-state index in [0.29, 0.717) is 19.8 Å². The van der Waals surface area contributed by atoms with Gasteiger partial charge in [-0.15, -0.1) is 0 Å². The molecule has 0 bridgehead atoms. The van der Waals surface area contributed by atoms with Crippen LogP contribution in [0.15, 0.2) is 48.5 Å². The Bertz CT molecular complexity index is 767. The number of carbonyl (C=O) groups excluding carboxylic acids is 1. The third-order valence-corrected chi connectivity index (χ3v) is 3.86. The SMILES string of the molecule is Cc1cccc(/C=C/C(=O)N(C)Cc2ccc3c(c2)OCCO3)c1. The van der Waals surface area contributed by atoms with Crippen molar-refractivity contribution in [2.75, 3.05) is 20.3 Å². The average Bonchev–Trinajstić information content (AvgIpc) is 2.59. The lowest BCUT2D eigenvalue weighted by atomic mass is 10.1. The van der Waals surface area contributed by atoms with Crippen LogP contribution < -0.4 is 9.47 Å². The molecular weight excluding hydrogens is 302 g/mol. The van der Waals surface area contributed by atoms with Crippen LogP contribution in [-0.2, 0) is 11.3 Å². The molecule has 0 spiro atoms. The van der Waals surface area contributed by atoms with E-state index in [1.165, 1.54) is 5.56 Å². The molecule has 1 aliphatic rings. The van der Waals surface area contributed by atoms with Gasteiger partial charge in [-0.1, -0.05) is 35.9 Å². The third kappa shape index (κ3) is 3.96. The molecule has 0 atom stereocenters. The Morgan fingerprint density at radius 2 is 1.92 bits per heavy atom. The van der Waals surface area contributed by atoms with Gasteiger partial charge < -0.3 is 14.4 Å². The number of fused-ring (bicyclic) bond motifs is 1. The van der Waals surface area contributed by atoms with Gasteiger partial charge in [-0.3, -0.25) is 4.79 Å². The first-order chi connectivity index (χ1) is 11.6. The van der Waals surface area contributed by atoms with Crippen molar-refractivity contribution >= 4 is 12.0 Å². The summed E-state index contributed by atoms with van der Waals surface area (Å²) in [6.07, 6.45) is 3.45. The van der Waals surface area contributed by atoms with Gasteiger partial charge in [-0.05, 0) is 36.3 Å². The van der Waals surface area contributed by atoms with Crippen molar-refractivity contribution in [1.82, 2.24) is 4.90 Å². The van der Waals surface area contributed by atoms with Gasteiger partial charge in [0, 0.05) is 19.7 Å². The molecule has 4 nitrogen and oxygen atoms in total. The number of rotatable bonds is 4. The van der Waals surface area contributed by atoms with Crippen LogP contribution in [0.3, 0.4) is 0 Å². The first-order valence-electron chi connectivity index (χ1n) is 8.00. The topological polar surface area (TPSA) is 38.8 Å². The quantitative estimate of drug-likeness (QED) is 0.809. The van der Waals surface area contributed by atoms with E-state index >= 15 is 0 Å². The van der Waals surface area contributed by atoms with E-state index in [0.717, 1.165) is 22.6 Å². The van der Waals surface area contributed by atoms with Crippen LogP contribution in [0.1, 0.15) is 16.7 Å². The van der Waals surface area contributed by atoms with Crippen LogP contribution in [-0.4, -0.2) is 31.1 Å². The molecule has 0 aliphatic carbocycles. The number of carbonyl (C=O) groups is 1. The number of amides is 1. The minimum atomic E-state index is -0.0357. The van der Waals surface area contributed by atoms with Crippen molar-refractivity contribution in [2.24, 2.45) is 0 Å². The second kappa shape index (κ2) is 7.21. The number of benzene rings is 2. The summed E-state index contributed by atoms with van der Waals surface area (Å²) in [5.41, 5.74) is 3.21. The standard InChI is InChI=1S/C20H21NO3/c1-15-4-3-5-16(12-15)7-9-20(22)21(2)14-17-6-8-18-19(13-17)24-11-10-23-18/h3-9,12-13H,10-11,14H2,1-2H3/b9-7+. The zero-order valence-electron chi connectivity index (χ0n) is 14.0. The molecule has 0 aromatic heterocycles. The molecule has 0 unspecified atom stereocenters. The van der Waals surface area contributed by atoms with E-state index in [1.807, 2.05) is 55.5 Å². The summed E-state index contributed by atoms with van der Waals surface area (Å²) in [5.74, 6) is 1.47. The van der Waals surface area contributed by atoms with Crippen molar-refractivity contribution in [3.8, 4) is 11.5 Å². The van der Waals surface area contributed by atoms with Crippen LogP contribution in [0.4, 0.5) is 0 Å². The molecule has 3 rings (SSSR count). The van der Waals surface area contributed by atoms with Crippen LogP contribution in [0.25, 0.3) is 6.08 Å². The second-order valence-corrected chi connectivity index (χ2v) is 5.92. The lowest BCUT2D eigenvalue weighted by molar-refractivity contribution is -0.125. The van der Waals surface area contributed by atoms with E-state index in [1.54, 1.807) is 18.0 Å². The first-order valence-corrected chi connectivity index (χ1v) is 8.00. The molecule has 0 radical (unpaired) electrons. The van der Waals surface area contributed by atoms with E-state index in [9.17, 15) is 4.79 Å². The Morgan fingerprint density at radius 3 is 2.71 bits per heavy atom. The fraction of sp³-hybridized carbons (Fsp3) is 0.250. The maximum absolute atomic E-state index is 12.3. The molecule has 0 saturated carbocycles. The molecule has 2 aromatic carbocycles. The van der Waals surface area contributed by atoms with Gasteiger partial charge in [0.1, 0.15) is 13.2 Å². The molecule has 1 amide bonds. The molecule has 24 heavy (non-hydrogen) atoms. The van der Waals surface area contributed by atoms with E-state index in [4.69, 9.17) is 9.47 Å². The zero-order valence-corrected chi connectivity index (χ0v) is 14.0. The highest BCUT2D eigenvalue weighted by Gasteiger charge is 2.13. The Balaban J connectivity index is 1.63. The number of likely N-dealkylation sites (N-methyl/N-ethyl adjacent to an activating group) is 1. The number of ether oxygens (including phenoxy) is 2. The van der Waals surface area contributed by atoms with Crippen molar-refractivity contribution in [3.63, 3.8) is 0 Å². The highest BCUT2D eigenvalue weighted by molar-refractivity contribution is 5.91. The highest BCUT2D eigenvalue weighted by Crippen LogP contribution is 2.31. The molecule has 1 aliphatic heterocycles. The predicted molar refractivity (Wildman–Crippen MR) is 94.1 cm³/mol. The van der Waals surface area contributed by atoms with Gasteiger partial charge in [-0.25, -0.2) is 0 Å². The first kappa shape index (κ1) is 16.1. The molecule has 0 N–H and O–H groups in total. The Hall–Kier alpha value is -2.75. The third-order valence-electron chi connectivity index (χ3n) is 3.86. The van der Waals surface area contributed by atoms with Gasteiger partial charge in [0.25, 0.3) is 0 Å². The molecule has 4 heteroatoms. The van der Waals surface area contributed by atoms with Crippen LogP contribution in [0, 0.1) is 6.92 Å². The normalized spacial score (nSPS) is 13.1. The van der Waals surface area contributed by atoms with Gasteiger partial charge in [0.15, 0.2) is 11.5 Å². The predicted octanol–water partition coefficient (Wildman–Crippen LogP) is 3.44. The summed E-state index contributed by atoms with van der Waals surface area (Å²) in [6, 6.07) is 13.8. The van der Waals surface area contributed by atoms with Crippen molar-refractivity contribution in [2.45, 2.75) is 13.5 Å². The van der Waals surface area contributed by atoms with E-state index in [2.05, 4.69) is 0 Å². The summed E-state index contributed by atoms with van der Waals surface area (Å²) >= 11 is 0. The fourth-order valence-corrected chi connectivity index (χ4v) is 2.61. The summed E-state index contributed by atoms with van der Waals surface area (Å²) in [6.45, 7) is 3.69. The van der Waals surface area contributed by atoms with Gasteiger partial charge in [0.2, 0.25) is 5.91 Å². The van der Waals surface area contributed by atoms with Gasteiger partial charge in [0.05, 0.1) is 0 Å². The van der Waals surface area contributed by atoms with E-state index in [-0.39, 0.29) is 5.91 Å². The number of hydrogen-bond donors (Lipinski definition) is 0. The second-order valence-electron chi connectivity index (χ2n) is 5.92. The fourth-order valence-electron chi connectivity index (χ4n) is 2.61. The Kier molecular flexibility index (Phi) is 4.85. The monoisotopic (exact) mass is 323 g/mol. The van der Waals surface area contributed by atoms with Crippen LogP contribution >= 0.6 is 0 Å². The molecule has 124 valence electrons. The summed E-state index contributed by atoms with van der Waals surface area (Å²) in [4.78, 5) is 14.0. The van der Waals surface area contributed by atoms with Crippen molar-refractivity contribution < 1.29 is 14.3 Å². The largest absolute Gasteiger partial charge is 0.486 e. The highest BCUT2D eigenvalue weighted by atomic mass is 16.6. The number of aryl methyl sites for hydroxylation is 1. The lowest BCUT2D eigenvalue weighted by Gasteiger charge is -2.20. The molecular formula is C20H21NO3. The molecule has 1 heterocycles. The smallest absolute Gasteiger partial charge is 0.246 e. The summed E-state index contributed by atoms with van der Waals surface area (Å²) < 4.78 is 11.1. The minimum absolute atomic E-state index is 0.0357. The van der Waals surface area contributed by atoms with Crippen molar-refractivity contribution in [3.05, 3.63) is 65.2 Å². The maximum Gasteiger partial charge on any atom is 0.246 e. The van der Waals surface area contributed by atoms with Crippen molar-refractivity contribution in [1.29, 1.82) is 0 Å². The Labute approximate surface area is 142 Å². The average molecular weight is 323 g/mol. The van der Waals surface area contributed by atoms with Crippen LogP contribution in [0.2, 0.25) is 0 Å². The summed E-state index contributed by atoms with van der Waals surface area (Å²) in [7, 11) is 1.79. The van der Waals surface area contributed by atoms with Gasteiger partial charge >= 0.3 is 0 Å². The van der Waals surface area contributed by atoms with E-state index < -0.39 is 0 Å². The van der Waals surface area contributed by atoms with Crippen LogP contribution in [0.5, 0.6) is 11.5 Å². The molecule has 0 fully saturated rings. The minimum Gasteiger partial charge on any atom is -0.486 e. The zero-order chi connectivity index (χ0) is 16.9.